The van der Waals surface area contributed by atoms with Crippen LogP contribution < -0.4 is 5.32 Å². The molecule has 1 aliphatic rings. The highest BCUT2D eigenvalue weighted by atomic mass is 79.9. The fourth-order valence-corrected chi connectivity index (χ4v) is 2.42. The number of halogens is 1. The van der Waals surface area contributed by atoms with Crippen molar-refractivity contribution in [3.63, 3.8) is 0 Å². The van der Waals surface area contributed by atoms with E-state index in [4.69, 9.17) is 5.11 Å². The number of hydrogen-bond donors (Lipinski definition) is 3. The third kappa shape index (κ3) is 3.49. The largest absolute Gasteiger partial charge is 0.480 e. The smallest absolute Gasteiger partial charge is 0.326 e. The number of urea groups is 1. The van der Waals surface area contributed by atoms with Crippen molar-refractivity contribution in [1.29, 1.82) is 0 Å². The van der Waals surface area contributed by atoms with Crippen LogP contribution in [0.1, 0.15) is 12.0 Å². The third-order valence-corrected chi connectivity index (χ3v) is 3.71. The average molecular weight is 343 g/mol. The van der Waals surface area contributed by atoms with Crippen molar-refractivity contribution in [1.82, 2.24) is 10.2 Å². The Morgan fingerprint density at radius 3 is 2.60 bits per heavy atom. The van der Waals surface area contributed by atoms with Crippen LogP contribution in [-0.2, 0) is 11.3 Å². The molecule has 0 bridgehead atoms. The first kappa shape index (κ1) is 14.8. The Bertz CT molecular complexity index is 506. The van der Waals surface area contributed by atoms with E-state index in [0.717, 1.165) is 14.9 Å². The van der Waals surface area contributed by atoms with E-state index in [1.807, 2.05) is 24.3 Å². The number of rotatable bonds is 3. The predicted molar refractivity (Wildman–Crippen MR) is 75.1 cm³/mol. The van der Waals surface area contributed by atoms with Crippen LogP contribution in [0.15, 0.2) is 28.7 Å². The highest BCUT2D eigenvalue weighted by Crippen LogP contribution is 2.18. The molecule has 1 aromatic rings. The van der Waals surface area contributed by atoms with Crippen LogP contribution in [0.2, 0.25) is 0 Å². The molecule has 2 rings (SSSR count). The zero-order valence-electron chi connectivity index (χ0n) is 10.6. The maximum absolute atomic E-state index is 12.0. The Morgan fingerprint density at radius 2 is 2.00 bits per heavy atom. The lowest BCUT2D eigenvalue weighted by Crippen LogP contribution is -2.45. The molecule has 6 nitrogen and oxygen atoms in total. The van der Waals surface area contributed by atoms with Gasteiger partial charge in [0.15, 0.2) is 0 Å². The van der Waals surface area contributed by atoms with Gasteiger partial charge in [-0.1, -0.05) is 28.1 Å². The first-order chi connectivity index (χ1) is 9.47. The fourth-order valence-electron chi connectivity index (χ4n) is 2.15. The minimum Gasteiger partial charge on any atom is -0.480 e. The van der Waals surface area contributed by atoms with E-state index in [9.17, 15) is 14.7 Å². The number of aliphatic hydroxyl groups excluding tert-OH is 1. The average Bonchev–Trinajstić information content (AvgIpc) is 2.80. The van der Waals surface area contributed by atoms with Crippen molar-refractivity contribution < 1.29 is 19.8 Å². The van der Waals surface area contributed by atoms with Crippen LogP contribution in [0.25, 0.3) is 0 Å². The number of β-amino-alcohol motifs (C(OH)–C–C–N with tert-alkyl or cyclic N) is 1. The number of nitrogens with one attached hydrogen (secondary N) is 1. The Kier molecular flexibility index (Phi) is 4.61. The van der Waals surface area contributed by atoms with Crippen molar-refractivity contribution in [2.45, 2.75) is 25.1 Å². The van der Waals surface area contributed by atoms with Gasteiger partial charge in [-0.05, 0) is 17.7 Å². The van der Waals surface area contributed by atoms with E-state index in [1.165, 1.54) is 0 Å². The number of benzene rings is 1. The number of carbonyl (C=O) groups excluding carboxylic acids is 1. The van der Waals surface area contributed by atoms with Crippen molar-refractivity contribution >= 4 is 27.9 Å². The summed E-state index contributed by atoms with van der Waals surface area (Å²) in [6.45, 7) is 0.355. The SMILES string of the molecule is O=C(O)[C@@H]1C[C@H](O)CN1C(=O)NCc1ccc(Br)cc1. The minimum atomic E-state index is -1.10. The molecule has 3 N–H and O–H groups in total. The summed E-state index contributed by atoms with van der Waals surface area (Å²) in [5, 5.41) is 21.2. The molecule has 0 spiro atoms. The number of aliphatic carboxylic acids is 1. The summed E-state index contributed by atoms with van der Waals surface area (Å²) in [6, 6.07) is 6.00. The molecule has 0 saturated carbocycles. The number of hydrogen-bond acceptors (Lipinski definition) is 3. The number of nitrogens with zero attached hydrogens (tertiary/aromatic N) is 1. The van der Waals surface area contributed by atoms with Gasteiger partial charge in [-0.3, -0.25) is 0 Å². The predicted octanol–water partition coefficient (Wildman–Crippen LogP) is 1.18. The normalized spacial score (nSPS) is 21.8. The van der Waals surface area contributed by atoms with E-state index in [1.54, 1.807) is 0 Å². The third-order valence-electron chi connectivity index (χ3n) is 3.18. The molecule has 2 amide bonds. The van der Waals surface area contributed by atoms with E-state index in [0.29, 0.717) is 6.54 Å². The Morgan fingerprint density at radius 1 is 1.35 bits per heavy atom. The summed E-state index contributed by atoms with van der Waals surface area (Å²) >= 11 is 3.32. The number of likely N-dealkylation sites (tertiary alicyclic amines) is 1. The molecule has 2 atom stereocenters. The van der Waals surface area contributed by atoms with Gasteiger partial charge in [0.2, 0.25) is 0 Å². The van der Waals surface area contributed by atoms with Gasteiger partial charge < -0.3 is 20.4 Å². The van der Waals surface area contributed by atoms with Gasteiger partial charge in [0.05, 0.1) is 6.10 Å². The second kappa shape index (κ2) is 6.23. The molecular formula is C13H15BrN2O4. The molecule has 1 fully saturated rings. The van der Waals surface area contributed by atoms with Crippen molar-refractivity contribution in [3.8, 4) is 0 Å². The first-order valence-electron chi connectivity index (χ1n) is 6.17. The molecule has 1 aromatic carbocycles. The number of carboxylic acid groups (broad SMARTS) is 1. The highest BCUT2D eigenvalue weighted by Gasteiger charge is 2.38. The molecule has 20 heavy (non-hydrogen) atoms. The Balaban J connectivity index is 1.94. The minimum absolute atomic E-state index is 0.0448. The van der Waals surface area contributed by atoms with E-state index in [-0.39, 0.29) is 13.0 Å². The Labute approximate surface area is 124 Å². The molecule has 7 heteroatoms. The second-order valence-corrected chi connectivity index (χ2v) is 5.60. The molecule has 0 aromatic heterocycles. The van der Waals surface area contributed by atoms with Crippen LogP contribution in [-0.4, -0.2) is 45.8 Å². The summed E-state index contributed by atoms with van der Waals surface area (Å²) in [6.07, 6.45) is -0.712. The number of carbonyl (C=O) groups is 2. The van der Waals surface area contributed by atoms with Crippen molar-refractivity contribution in [2.24, 2.45) is 0 Å². The summed E-state index contributed by atoms with van der Waals surface area (Å²) in [5.41, 5.74) is 0.910. The molecule has 1 aliphatic heterocycles. The van der Waals surface area contributed by atoms with Crippen LogP contribution in [0.3, 0.4) is 0 Å². The maximum Gasteiger partial charge on any atom is 0.326 e. The van der Waals surface area contributed by atoms with Gasteiger partial charge in [0, 0.05) is 24.0 Å². The molecule has 0 aliphatic carbocycles. The summed E-state index contributed by atoms with van der Waals surface area (Å²) in [5.74, 6) is -1.10. The monoisotopic (exact) mass is 342 g/mol. The molecule has 0 unspecified atom stereocenters. The topological polar surface area (TPSA) is 89.9 Å². The van der Waals surface area contributed by atoms with Gasteiger partial charge >= 0.3 is 12.0 Å². The summed E-state index contributed by atoms with van der Waals surface area (Å²) in [7, 11) is 0. The van der Waals surface area contributed by atoms with Crippen LogP contribution in [0.5, 0.6) is 0 Å². The fraction of sp³-hybridized carbons (Fsp3) is 0.385. The first-order valence-corrected chi connectivity index (χ1v) is 6.96. The highest BCUT2D eigenvalue weighted by molar-refractivity contribution is 9.10. The number of amides is 2. The lowest BCUT2D eigenvalue weighted by Gasteiger charge is -2.21. The van der Waals surface area contributed by atoms with Crippen LogP contribution >= 0.6 is 15.9 Å². The quantitative estimate of drug-likeness (QED) is 0.769. The van der Waals surface area contributed by atoms with Gasteiger partial charge in [0.25, 0.3) is 0 Å². The van der Waals surface area contributed by atoms with Gasteiger partial charge in [-0.25, -0.2) is 9.59 Å². The lowest BCUT2D eigenvalue weighted by molar-refractivity contribution is -0.141. The van der Waals surface area contributed by atoms with Gasteiger partial charge in [0.1, 0.15) is 6.04 Å². The van der Waals surface area contributed by atoms with E-state index < -0.39 is 24.1 Å². The summed E-state index contributed by atoms with van der Waals surface area (Å²) < 4.78 is 0.946. The van der Waals surface area contributed by atoms with Crippen molar-refractivity contribution in [3.05, 3.63) is 34.3 Å². The number of carboxylic acids is 1. The standard InChI is InChI=1S/C13H15BrN2O4/c14-9-3-1-8(2-4-9)6-15-13(20)16-7-10(17)5-11(16)12(18)19/h1-4,10-11,17H,5-7H2,(H,15,20)(H,18,19)/t10-,11-/m0/s1. The molecule has 108 valence electrons. The van der Waals surface area contributed by atoms with Crippen molar-refractivity contribution in [2.75, 3.05) is 6.54 Å². The van der Waals surface area contributed by atoms with E-state index in [2.05, 4.69) is 21.2 Å². The summed E-state index contributed by atoms with van der Waals surface area (Å²) in [4.78, 5) is 24.2. The molecule has 1 heterocycles. The lowest BCUT2D eigenvalue weighted by atomic mass is 10.2. The molecular weight excluding hydrogens is 328 g/mol. The van der Waals surface area contributed by atoms with Crippen LogP contribution in [0.4, 0.5) is 4.79 Å². The van der Waals surface area contributed by atoms with Gasteiger partial charge in [-0.15, -0.1) is 0 Å². The zero-order valence-corrected chi connectivity index (χ0v) is 12.2. The van der Waals surface area contributed by atoms with Crippen LogP contribution in [0, 0.1) is 0 Å². The maximum atomic E-state index is 12.0. The molecule has 0 radical (unpaired) electrons. The number of aliphatic hydroxyl groups is 1. The van der Waals surface area contributed by atoms with Gasteiger partial charge in [-0.2, -0.15) is 0 Å². The zero-order chi connectivity index (χ0) is 14.7. The Hall–Kier alpha value is -1.60. The molecule has 1 saturated heterocycles. The second-order valence-electron chi connectivity index (χ2n) is 4.68. The van der Waals surface area contributed by atoms with E-state index >= 15 is 0 Å².